The standard InChI is InChI=1S/C16H18BrNOS/c1-3-4-10-18(13-8-6-5-7-9-13)16(19)14-11-12(2)15(17)20-14/h5-9,11H,3-4,10H2,1-2H3. The van der Waals surface area contributed by atoms with Gasteiger partial charge in [-0.1, -0.05) is 31.5 Å². The lowest BCUT2D eigenvalue weighted by molar-refractivity contribution is 0.0990. The van der Waals surface area contributed by atoms with Crippen LogP contribution >= 0.6 is 27.3 Å². The van der Waals surface area contributed by atoms with E-state index in [2.05, 4.69) is 22.9 Å². The quantitative estimate of drug-likeness (QED) is 0.718. The number of benzene rings is 1. The van der Waals surface area contributed by atoms with Crippen LogP contribution in [0.25, 0.3) is 0 Å². The van der Waals surface area contributed by atoms with Crippen molar-refractivity contribution < 1.29 is 4.79 Å². The maximum Gasteiger partial charge on any atom is 0.268 e. The summed E-state index contributed by atoms with van der Waals surface area (Å²) < 4.78 is 1.03. The number of hydrogen-bond acceptors (Lipinski definition) is 2. The highest BCUT2D eigenvalue weighted by Crippen LogP contribution is 2.29. The first kappa shape index (κ1) is 15.3. The third-order valence-corrected chi connectivity index (χ3v) is 5.24. The molecule has 20 heavy (non-hydrogen) atoms. The second kappa shape index (κ2) is 7.04. The number of unbranched alkanes of at least 4 members (excludes halogenated alkanes) is 1. The molecule has 0 atom stereocenters. The number of carbonyl (C=O) groups is 1. The van der Waals surface area contributed by atoms with Gasteiger partial charge >= 0.3 is 0 Å². The molecule has 0 aliphatic heterocycles. The number of anilines is 1. The van der Waals surface area contributed by atoms with Crippen LogP contribution in [0.3, 0.4) is 0 Å². The SMILES string of the molecule is CCCCN(C(=O)c1cc(C)c(Br)s1)c1ccccc1. The maximum atomic E-state index is 12.7. The van der Waals surface area contributed by atoms with E-state index in [0.29, 0.717) is 0 Å². The van der Waals surface area contributed by atoms with Gasteiger partial charge in [0.05, 0.1) is 8.66 Å². The number of hydrogen-bond donors (Lipinski definition) is 0. The van der Waals surface area contributed by atoms with E-state index in [1.54, 1.807) is 0 Å². The minimum absolute atomic E-state index is 0.0865. The molecule has 0 unspecified atom stereocenters. The van der Waals surface area contributed by atoms with E-state index in [1.165, 1.54) is 11.3 Å². The molecule has 0 N–H and O–H groups in total. The predicted molar refractivity (Wildman–Crippen MR) is 89.8 cm³/mol. The van der Waals surface area contributed by atoms with E-state index < -0.39 is 0 Å². The summed E-state index contributed by atoms with van der Waals surface area (Å²) in [6, 6.07) is 11.8. The number of carbonyl (C=O) groups excluding carboxylic acids is 1. The minimum Gasteiger partial charge on any atom is -0.308 e. The maximum absolute atomic E-state index is 12.7. The van der Waals surface area contributed by atoms with Crippen LogP contribution in [0.15, 0.2) is 40.2 Å². The van der Waals surface area contributed by atoms with Crippen molar-refractivity contribution in [2.45, 2.75) is 26.7 Å². The molecule has 0 saturated carbocycles. The fourth-order valence-corrected chi connectivity index (χ4v) is 3.45. The van der Waals surface area contributed by atoms with Crippen LogP contribution in [0.5, 0.6) is 0 Å². The molecular weight excluding hydrogens is 334 g/mol. The van der Waals surface area contributed by atoms with E-state index in [0.717, 1.165) is 39.3 Å². The van der Waals surface area contributed by atoms with E-state index in [1.807, 2.05) is 48.2 Å². The first-order chi connectivity index (χ1) is 9.63. The van der Waals surface area contributed by atoms with Gasteiger partial charge in [0, 0.05) is 12.2 Å². The molecule has 0 radical (unpaired) electrons. The first-order valence-corrected chi connectivity index (χ1v) is 8.37. The van der Waals surface area contributed by atoms with Crippen molar-refractivity contribution >= 4 is 38.9 Å². The molecule has 4 heteroatoms. The second-order valence-electron chi connectivity index (χ2n) is 4.71. The Morgan fingerprint density at radius 2 is 2.00 bits per heavy atom. The van der Waals surface area contributed by atoms with Crippen molar-refractivity contribution in [3.05, 3.63) is 50.6 Å². The van der Waals surface area contributed by atoms with Crippen molar-refractivity contribution in [1.29, 1.82) is 0 Å². The smallest absolute Gasteiger partial charge is 0.268 e. The van der Waals surface area contributed by atoms with Crippen molar-refractivity contribution in [3.8, 4) is 0 Å². The zero-order valence-electron chi connectivity index (χ0n) is 11.7. The Labute approximate surface area is 132 Å². The molecule has 0 fully saturated rings. The van der Waals surface area contributed by atoms with Gasteiger partial charge in [-0.2, -0.15) is 0 Å². The van der Waals surface area contributed by atoms with Crippen LogP contribution in [0.4, 0.5) is 5.69 Å². The lowest BCUT2D eigenvalue weighted by atomic mass is 10.2. The number of rotatable bonds is 5. The molecule has 2 aromatic rings. The Morgan fingerprint density at radius 1 is 1.30 bits per heavy atom. The van der Waals surface area contributed by atoms with Crippen LogP contribution < -0.4 is 4.90 Å². The molecular formula is C16H18BrNOS. The van der Waals surface area contributed by atoms with Crippen LogP contribution in [0.2, 0.25) is 0 Å². The zero-order chi connectivity index (χ0) is 14.5. The number of halogens is 1. The summed E-state index contributed by atoms with van der Waals surface area (Å²) in [5, 5.41) is 0. The summed E-state index contributed by atoms with van der Waals surface area (Å²) in [6.07, 6.45) is 2.08. The molecule has 1 aromatic carbocycles. The van der Waals surface area contributed by atoms with Gasteiger partial charge in [0.25, 0.3) is 5.91 Å². The predicted octanol–water partition coefficient (Wildman–Crippen LogP) is 5.27. The van der Waals surface area contributed by atoms with E-state index in [9.17, 15) is 4.79 Å². The van der Waals surface area contributed by atoms with Gasteiger partial charge in [-0.05, 0) is 53.0 Å². The Hall–Kier alpha value is -1.13. The van der Waals surface area contributed by atoms with Crippen LogP contribution in [0.1, 0.15) is 35.0 Å². The van der Waals surface area contributed by atoms with Gasteiger partial charge in [0.15, 0.2) is 0 Å². The number of para-hydroxylation sites is 1. The van der Waals surface area contributed by atoms with Crippen molar-refractivity contribution in [3.63, 3.8) is 0 Å². The molecule has 0 aliphatic rings. The van der Waals surface area contributed by atoms with Crippen LogP contribution in [-0.2, 0) is 0 Å². The number of amides is 1. The van der Waals surface area contributed by atoms with Crippen LogP contribution in [-0.4, -0.2) is 12.5 Å². The van der Waals surface area contributed by atoms with Crippen LogP contribution in [0, 0.1) is 6.92 Å². The molecule has 1 aromatic heterocycles. The third kappa shape index (κ3) is 3.49. The Morgan fingerprint density at radius 3 is 2.55 bits per heavy atom. The average Bonchev–Trinajstić information content (AvgIpc) is 2.80. The van der Waals surface area contributed by atoms with Crippen molar-refractivity contribution in [1.82, 2.24) is 0 Å². The summed E-state index contributed by atoms with van der Waals surface area (Å²) in [6.45, 7) is 4.91. The van der Waals surface area contributed by atoms with Gasteiger partial charge in [-0.3, -0.25) is 4.79 Å². The van der Waals surface area contributed by atoms with Gasteiger partial charge in [0.1, 0.15) is 0 Å². The molecule has 0 bridgehead atoms. The number of aryl methyl sites for hydroxylation is 1. The monoisotopic (exact) mass is 351 g/mol. The first-order valence-electron chi connectivity index (χ1n) is 6.76. The molecule has 2 nitrogen and oxygen atoms in total. The molecule has 2 rings (SSSR count). The topological polar surface area (TPSA) is 20.3 Å². The summed E-state index contributed by atoms with van der Waals surface area (Å²) in [4.78, 5) is 15.4. The fraction of sp³-hybridized carbons (Fsp3) is 0.312. The van der Waals surface area contributed by atoms with Crippen molar-refractivity contribution in [2.75, 3.05) is 11.4 Å². The lowest BCUT2D eigenvalue weighted by Gasteiger charge is -2.22. The molecule has 0 aliphatic carbocycles. The summed E-state index contributed by atoms with van der Waals surface area (Å²) in [5.41, 5.74) is 2.08. The Bertz CT molecular complexity index is 560. The summed E-state index contributed by atoms with van der Waals surface area (Å²) in [7, 11) is 0. The molecule has 0 spiro atoms. The minimum atomic E-state index is 0.0865. The number of nitrogens with zero attached hydrogens (tertiary/aromatic N) is 1. The van der Waals surface area contributed by atoms with Gasteiger partial charge in [0.2, 0.25) is 0 Å². The molecule has 106 valence electrons. The highest BCUT2D eigenvalue weighted by atomic mass is 79.9. The Balaban J connectivity index is 2.28. The lowest BCUT2D eigenvalue weighted by Crippen LogP contribution is -2.31. The van der Waals surface area contributed by atoms with Gasteiger partial charge in [-0.25, -0.2) is 0 Å². The summed E-state index contributed by atoms with van der Waals surface area (Å²) in [5.74, 6) is 0.0865. The normalized spacial score (nSPS) is 10.6. The average molecular weight is 352 g/mol. The summed E-state index contributed by atoms with van der Waals surface area (Å²) >= 11 is 4.99. The zero-order valence-corrected chi connectivity index (χ0v) is 14.1. The van der Waals surface area contributed by atoms with Gasteiger partial charge < -0.3 is 4.90 Å². The Kier molecular flexibility index (Phi) is 5.38. The fourth-order valence-electron chi connectivity index (χ4n) is 1.97. The largest absolute Gasteiger partial charge is 0.308 e. The number of thiophene rings is 1. The third-order valence-electron chi connectivity index (χ3n) is 3.12. The molecule has 1 amide bonds. The molecule has 1 heterocycles. The highest BCUT2D eigenvalue weighted by Gasteiger charge is 2.19. The highest BCUT2D eigenvalue weighted by molar-refractivity contribution is 9.11. The van der Waals surface area contributed by atoms with E-state index in [-0.39, 0.29) is 5.91 Å². The van der Waals surface area contributed by atoms with Gasteiger partial charge in [-0.15, -0.1) is 11.3 Å². The van der Waals surface area contributed by atoms with Crippen molar-refractivity contribution in [2.24, 2.45) is 0 Å². The van der Waals surface area contributed by atoms with E-state index >= 15 is 0 Å². The molecule has 0 saturated heterocycles. The second-order valence-corrected chi connectivity index (χ2v) is 7.08. The van der Waals surface area contributed by atoms with E-state index in [4.69, 9.17) is 0 Å².